The second-order valence-corrected chi connectivity index (χ2v) is 5.93. The number of hydrogen-bond donors (Lipinski definition) is 3. The van der Waals surface area contributed by atoms with E-state index in [-0.39, 0.29) is 19.8 Å². The average Bonchev–Trinajstić information content (AvgIpc) is 2.73. The highest BCUT2D eigenvalue weighted by atomic mass is 16.5. The maximum absolute atomic E-state index is 13.0. The van der Waals surface area contributed by atoms with Crippen molar-refractivity contribution in [1.29, 1.82) is 0 Å². The van der Waals surface area contributed by atoms with Crippen LogP contribution in [-0.4, -0.2) is 90.2 Å². The van der Waals surface area contributed by atoms with Crippen LogP contribution in [0.1, 0.15) is 27.2 Å². The van der Waals surface area contributed by atoms with Crippen molar-refractivity contribution >= 4 is 35.3 Å². The first kappa shape index (κ1) is 27.3. The number of rotatable bonds is 14. The van der Waals surface area contributed by atoms with Gasteiger partial charge in [0.25, 0.3) is 17.3 Å². The van der Waals surface area contributed by atoms with Crippen LogP contribution in [0, 0.1) is 10.8 Å². The van der Waals surface area contributed by atoms with Crippen LogP contribution in [-0.2, 0) is 43.0 Å². The molecule has 3 N–H and O–H groups in total. The molecule has 0 amide bonds. The van der Waals surface area contributed by atoms with Crippen LogP contribution in [0.25, 0.3) is 0 Å². The van der Waals surface area contributed by atoms with Crippen molar-refractivity contribution in [2.24, 2.45) is 10.8 Å². The molecule has 0 unspecified atom stereocenters. The number of esters is 3. The van der Waals surface area contributed by atoms with E-state index in [4.69, 9.17) is 0 Å². The Balaban J connectivity index is 7.13. The van der Waals surface area contributed by atoms with Crippen molar-refractivity contribution in [2.45, 2.75) is 27.2 Å². The normalized spacial score (nSPS) is 11.4. The van der Waals surface area contributed by atoms with Crippen LogP contribution >= 0.6 is 0 Å². The summed E-state index contributed by atoms with van der Waals surface area (Å²) in [5.41, 5.74) is -6.23. The molecule has 12 nitrogen and oxygen atoms in total. The summed E-state index contributed by atoms with van der Waals surface area (Å²) in [5.74, 6) is -10.4. The number of aliphatic hydroxyl groups is 3. The zero-order valence-corrected chi connectivity index (χ0v) is 17.0. The van der Waals surface area contributed by atoms with Gasteiger partial charge in [-0.3, -0.25) is 14.4 Å². The van der Waals surface area contributed by atoms with Crippen molar-refractivity contribution < 1.29 is 58.3 Å². The smallest absolute Gasteiger partial charge is 0.375 e. The molecule has 0 aromatic heterocycles. The Hall–Kier alpha value is -2.70. The summed E-state index contributed by atoms with van der Waals surface area (Å²) in [4.78, 5) is 75.3. The molecule has 0 fully saturated rings. The van der Waals surface area contributed by atoms with Gasteiger partial charge in [-0.1, -0.05) is 0 Å². The maximum atomic E-state index is 13.0. The van der Waals surface area contributed by atoms with E-state index in [1.54, 1.807) is 0 Å². The predicted molar refractivity (Wildman–Crippen MR) is 95.7 cm³/mol. The van der Waals surface area contributed by atoms with Gasteiger partial charge < -0.3 is 29.5 Å². The quantitative estimate of drug-likeness (QED) is 0.115. The van der Waals surface area contributed by atoms with Gasteiger partial charge in [0.15, 0.2) is 0 Å². The lowest BCUT2D eigenvalue weighted by Gasteiger charge is -2.42. The van der Waals surface area contributed by atoms with Crippen LogP contribution in [0.3, 0.4) is 0 Å². The summed E-state index contributed by atoms with van der Waals surface area (Å²) in [5, 5.41) is 29.4. The lowest BCUT2D eigenvalue weighted by atomic mass is 9.55. The Labute approximate surface area is 172 Å². The van der Waals surface area contributed by atoms with Crippen molar-refractivity contribution in [1.82, 2.24) is 0 Å². The molecule has 0 aromatic carbocycles. The molecule has 30 heavy (non-hydrogen) atoms. The fourth-order valence-corrected chi connectivity index (χ4v) is 2.96. The van der Waals surface area contributed by atoms with Gasteiger partial charge in [-0.15, -0.1) is 0 Å². The molecule has 0 radical (unpaired) electrons. The van der Waals surface area contributed by atoms with Gasteiger partial charge in [0.2, 0.25) is 0 Å². The Morgan fingerprint density at radius 1 is 0.633 bits per heavy atom. The number of ether oxygens (including phenoxy) is 3. The van der Waals surface area contributed by atoms with E-state index in [0.29, 0.717) is 0 Å². The van der Waals surface area contributed by atoms with E-state index in [0.717, 1.165) is 0 Å². The zero-order chi connectivity index (χ0) is 23.5. The van der Waals surface area contributed by atoms with E-state index < -0.39 is 72.3 Å². The van der Waals surface area contributed by atoms with Crippen molar-refractivity contribution in [2.75, 3.05) is 39.6 Å². The number of hydrogen-bond acceptors (Lipinski definition) is 12. The highest BCUT2D eigenvalue weighted by Gasteiger charge is 2.69. The second kappa shape index (κ2) is 12.1. The minimum absolute atomic E-state index is 0.317. The number of carbonyl (C=O) groups excluding carboxylic acids is 6. The van der Waals surface area contributed by atoms with E-state index in [2.05, 4.69) is 14.2 Å². The molecule has 0 saturated carbocycles. The fraction of sp³-hybridized carbons (Fsp3) is 0.667. The molecule has 0 heterocycles. The van der Waals surface area contributed by atoms with Crippen LogP contribution in [0.4, 0.5) is 0 Å². The third kappa shape index (κ3) is 4.89. The van der Waals surface area contributed by atoms with Gasteiger partial charge in [0.05, 0.1) is 33.0 Å². The third-order valence-corrected chi connectivity index (χ3v) is 4.44. The number of aliphatic hydroxyl groups excluding tert-OH is 3. The summed E-state index contributed by atoms with van der Waals surface area (Å²) >= 11 is 0. The van der Waals surface area contributed by atoms with Crippen LogP contribution in [0.15, 0.2) is 0 Å². The van der Waals surface area contributed by atoms with E-state index in [1.807, 2.05) is 0 Å². The Morgan fingerprint density at radius 2 is 0.967 bits per heavy atom. The molecule has 0 aliphatic rings. The zero-order valence-electron chi connectivity index (χ0n) is 17.0. The van der Waals surface area contributed by atoms with E-state index in [9.17, 15) is 44.1 Å². The molecule has 0 saturated heterocycles. The summed E-state index contributed by atoms with van der Waals surface area (Å²) in [7, 11) is 0. The van der Waals surface area contributed by atoms with Gasteiger partial charge in [0.1, 0.15) is 10.8 Å². The van der Waals surface area contributed by atoms with Crippen molar-refractivity contribution in [3.63, 3.8) is 0 Å². The number of Topliss-reactive ketones (excluding diaryl/α,β-unsaturated/α-hetero) is 3. The largest absolute Gasteiger partial charge is 0.460 e. The topological polar surface area (TPSA) is 191 Å². The summed E-state index contributed by atoms with van der Waals surface area (Å²) in [6.45, 7) is -1.15. The van der Waals surface area contributed by atoms with Gasteiger partial charge >= 0.3 is 17.9 Å². The Morgan fingerprint density at radius 3 is 1.23 bits per heavy atom. The molecule has 0 bridgehead atoms. The average molecular weight is 434 g/mol. The molecule has 0 aliphatic heterocycles. The Kier molecular flexibility index (Phi) is 11.0. The predicted octanol–water partition coefficient (Wildman–Crippen LogP) is -2.28. The minimum atomic E-state index is -3.20. The van der Waals surface area contributed by atoms with Gasteiger partial charge in [0, 0.05) is 6.61 Å². The molecule has 170 valence electrons. The lowest BCUT2D eigenvalue weighted by Crippen LogP contribution is -2.65. The number of carbonyl (C=O) groups is 6. The first-order chi connectivity index (χ1) is 14.1. The van der Waals surface area contributed by atoms with Gasteiger partial charge in [-0.05, 0) is 27.2 Å². The van der Waals surface area contributed by atoms with E-state index >= 15 is 0 Å². The molecule has 0 spiro atoms. The standard InChI is InChI=1S/C18H26O12/c1-4-28-14(25)11(22)17(9-20,10-21)18(7-8-19,12(23)15(26)29-5-2)13(24)16(27)30-6-3/h19-21H,4-10H2,1-3H3. The van der Waals surface area contributed by atoms with Gasteiger partial charge in [-0.25, -0.2) is 14.4 Å². The fourth-order valence-electron chi connectivity index (χ4n) is 2.96. The molecule has 0 aliphatic carbocycles. The SMILES string of the molecule is CCOC(=O)C(=O)C(CO)(CO)C(CCO)(C(=O)C(=O)OCC)C(=O)C(=O)OCC. The summed E-state index contributed by atoms with van der Waals surface area (Å²) in [6, 6.07) is 0. The molecule has 0 atom stereocenters. The monoisotopic (exact) mass is 434 g/mol. The van der Waals surface area contributed by atoms with Crippen LogP contribution < -0.4 is 0 Å². The minimum Gasteiger partial charge on any atom is -0.460 e. The molecular formula is C18H26O12. The molecule has 12 heteroatoms. The third-order valence-electron chi connectivity index (χ3n) is 4.44. The van der Waals surface area contributed by atoms with E-state index in [1.165, 1.54) is 20.8 Å². The highest BCUT2D eigenvalue weighted by Crippen LogP contribution is 2.46. The molecule has 0 rings (SSSR count). The van der Waals surface area contributed by atoms with Crippen molar-refractivity contribution in [3.8, 4) is 0 Å². The second-order valence-electron chi connectivity index (χ2n) is 5.93. The lowest BCUT2D eigenvalue weighted by molar-refractivity contribution is -0.184. The first-order valence-corrected chi connectivity index (χ1v) is 9.08. The van der Waals surface area contributed by atoms with Gasteiger partial charge in [-0.2, -0.15) is 0 Å². The van der Waals surface area contributed by atoms with Crippen LogP contribution in [0.5, 0.6) is 0 Å². The van der Waals surface area contributed by atoms with Crippen molar-refractivity contribution in [3.05, 3.63) is 0 Å². The number of ketones is 3. The first-order valence-electron chi connectivity index (χ1n) is 9.08. The molecule has 0 aromatic rings. The highest BCUT2D eigenvalue weighted by molar-refractivity contribution is 6.52. The maximum Gasteiger partial charge on any atom is 0.375 e. The molecular weight excluding hydrogens is 408 g/mol. The Bertz CT molecular complexity index is 647. The summed E-state index contributed by atoms with van der Waals surface area (Å²) < 4.78 is 13.6. The summed E-state index contributed by atoms with van der Waals surface area (Å²) in [6.07, 6.45) is -1.09. The van der Waals surface area contributed by atoms with Crippen LogP contribution in [0.2, 0.25) is 0 Å².